The maximum Gasteiger partial charge on any atom is 0.361 e. The van der Waals surface area contributed by atoms with Gasteiger partial charge in [0.15, 0.2) is 5.69 Å². The number of carbonyl (C=O) groups excluding carboxylic acids is 1. The standard InChI is InChI=1S/C12H13N3O4/c1-3-19-12(17)11-10(13-15-14-11)8-5-4-7(16)6-9(8)18-2/h4-6,16H,3H2,1-2H3,(H,13,14,15). The number of hydrogen-bond acceptors (Lipinski definition) is 6. The summed E-state index contributed by atoms with van der Waals surface area (Å²) < 4.78 is 10.0. The molecule has 0 saturated carbocycles. The first kappa shape index (κ1) is 12.9. The second-order valence-electron chi connectivity index (χ2n) is 3.63. The average molecular weight is 263 g/mol. The number of esters is 1. The topological polar surface area (TPSA) is 97.3 Å². The number of carbonyl (C=O) groups is 1. The van der Waals surface area contributed by atoms with Gasteiger partial charge in [0, 0.05) is 11.6 Å². The van der Waals surface area contributed by atoms with E-state index in [0.29, 0.717) is 17.0 Å². The Morgan fingerprint density at radius 2 is 2.21 bits per heavy atom. The molecule has 2 aromatic rings. The fourth-order valence-corrected chi connectivity index (χ4v) is 1.64. The molecule has 2 rings (SSSR count). The van der Waals surface area contributed by atoms with Crippen molar-refractivity contribution in [2.45, 2.75) is 6.92 Å². The molecule has 0 atom stereocenters. The molecule has 0 spiro atoms. The van der Waals surface area contributed by atoms with Crippen molar-refractivity contribution in [2.24, 2.45) is 0 Å². The minimum atomic E-state index is -0.568. The molecule has 0 bridgehead atoms. The molecule has 0 aliphatic carbocycles. The van der Waals surface area contributed by atoms with Crippen molar-refractivity contribution >= 4 is 5.97 Å². The number of hydrogen-bond donors (Lipinski definition) is 2. The van der Waals surface area contributed by atoms with Gasteiger partial charge in [-0.05, 0) is 19.1 Å². The molecule has 7 nitrogen and oxygen atoms in total. The van der Waals surface area contributed by atoms with Crippen molar-refractivity contribution in [1.82, 2.24) is 15.4 Å². The van der Waals surface area contributed by atoms with Crippen molar-refractivity contribution in [3.8, 4) is 22.8 Å². The Morgan fingerprint density at radius 3 is 2.89 bits per heavy atom. The van der Waals surface area contributed by atoms with Gasteiger partial charge in [0.25, 0.3) is 0 Å². The third-order valence-electron chi connectivity index (χ3n) is 2.46. The number of benzene rings is 1. The maximum atomic E-state index is 11.7. The molecule has 0 fully saturated rings. The van der Waals surface area contributed by atoms with E-state index in [2.05, 4.69) is 15.4 Å². The molecule has 0 aliphatic rings. The first-order valence-corrected chi connectivity index (χ1v) is 5.62. The van der Waals surface area contributed by atoms with Crippen LogP contribution in [0, 0.1) is 0 Å². The first-order valence-electron chi connectivity index (χ1n) is 5.62. The van der Waals surface area contributed by atoms with E-state index in [1.807, 2.05) is 0 Å². The average Bonchev–Trinajstić information content (AvgIpc) is 2.88. The molecule has 7 heteroatoms. The third kappa shape index (κ3) is 2.49. The number of phenolic OH excluding ortho intramolecular Hbond substituents is 1. The zero-order valence-corrected chi connectivity index (χ0v) is 10.5. The van der Waals surface area contributed by atoms with Crippen LogP contribution < -0.4 is 4.74 Å². The number of nitrogens with zero attached hydrogens (tertiary/aromatic N) is 2. The molecule has 1 heterocycles. The van der Waals surface area contributed by atoms with Crippen LogP contribution in [-0.2, 0) is 4.74 Å². The predicted octanol–water partition coefficient (Wildman–Crippen LogP) is 1.36. The molecule has 0 saturated heterocycles. The Labute approximate surface area is 109 Å². The first-order chi connectivity index (χ1) is 9.17. The number of H-pyrrole nitrogens is 1. The summed E-state index contributed by atoms with van der Waals surface area (Å²) in [6.45, 7) is 1.96. The molecule has 2 N–H and O–H groups in total. The highest BCUT2D eigenvalue weighted by Crippen LogP contribution is 2.33. The van der Waals surface area contributed by atoms with Gasteiger partial charge >= 0.3 is 5.97 Å². The van der Waals surface area contributed by atoms with Gasteiger partial charge in [-0.1, -0.05) is 0 Å². The third-order valence-corrected chi connectivity index (χ3v) is 2.46. The van der Waals surface area contributed by atoms with Crippen molar-refractivity contribution in [3.63, 3.8) is 0 Å². The predicted molar refractivity (Wildman–Crippen MR) is 66.0 cm³/mol. The molecule has 19 heavy (non-hydrogen) atoms. The largest absolute Gasteiger partial charge is 0.508 e. The molecule has 1 aromatic carbocycles. The van der Waals surface area contributed by atoms with Crippen LogP contribution in [0.2, 0.25) is 0 Å². The highest BCUT2D eigenvalue weighted by molar-refractivity contribution is 5.94. The fourth-order valence-electron chi connectivity index (χ4n) is 1.64. The van der Waals surface area contributed by atoms with Crippen molar-refractivity contribution < 1.29 is 19.4 Å². The minimum absolute atomic E-state index is 0.0572. The number of ether oxygens (including phenoxy) is 2. The molecule has 0 amide bonds. The lowest BCUT2D eigenvalue weighted by Crippen LogP contribution is -2.07. The zero-order valence-electron chi connectivity index (χ0n) is 10.5. The highest BCUT2D eigenvalue weighted by atomic mass is 16.5. The van der Waals surface area contributed by atoms with Gasteiger partial charge in [0.2, 0.25) is 0 Å². The Hall–Kier alpha value is -2.57. The van der Waals surface area contributed by atoms with E-state index < -0.39 is 5.97 Å². The van der Waals surface area contributed by atoms with E-state index in [4.69, 9.17) is 9.47 Å². The van der Waals surface area contributed by atoms with Crippen LogP contribution in [0.5, 0.6) is 11.5 Å². The Balaban J connectivity index is 2.48. The van der Waals surface area contributed by atoms with E-state index >= 15 is 0 Å². The maximum absolute atomic E-state index is 11.7. The number of phenols is 1. The number of aromatic nitrogens is 3. The molecular formula is C12H13N3O4. The smallest absolute Gasteiger partial charge is 0.361 e. The minimum Gasteiger partial charge on any atom is -0.508 e. The summed E-state index contributed by atoms with van der Waals surface area (Å²) in [6.07, 6.45) is 0. The summed E-state index contributed by atoms with van der Waals surface area (Å²) in [7, 11) is 1.46. The summed E-state index contributed by atoms with van der Waals surface area (Å²) in [5.74, 6) is -0.123. The summed E-state index contributed by atoms with van der Waals surface area (Å²) in [4.78, 5) is 11.7. The van der Waals surface area contributed by atoms with Crippen LogP contribution in [0.3, 0.4) is 0 Å². The number of methoxy groups -OCH3 is 1. The SMILES string of the molecule is CCOC(=O)c1n[nH]nc1-c1ccc(O)cc1OC. The van der Waals surface area contributed by atoms with E-state index in [0.717, 1.165) is 0 Å². The Kier molecular flexibility index (Phi) is 3.65. The Bertz CT molecular complexity index is 594. The monoisotopic (exact) mass is 263 g/mol. The highest BCUT2D eigenvalue weighted by Gasteiger charge is 2.21. The van der Waals surface area contributed by atoms with Gasteiger partial charge in [0.1, 0.15) is 17.2 Å². The van der Waals surface area contributed by atoms with Crippen LogP contribution >= 0.6 is 0 Å². The van der Waals surface area contributed by atoms with E-state index in [1.165, 1.54) is 19.2 Å². The number of rotatable bonds is 4. The summed E-state index contributed by atoms with van der Waals surface area (Å²) in [5.41, 5.74) is 0.929. The van der Waals surface area contributed by atoms with Gasteiger partial charge in [-0.15, -0.1) is 5.10 Å². The number of nitrogens with one attached hydrogen (secondary N) is 1. The van der Waals surface area contributed by atoms with Crippen LogP contribution in [0.15, 0.2) is 18.2 Å². The lowest BCUT2D eigenvalue weighted by atomic mass is 10.1. The van der Waals surface area contributed by atoms with Gasteiger partial charge in [-0.2, -0.15) is 10.3 Å². The van der Waals surface area contributed by atoms with Gasteiger partial charge in [0.05, 0.1) is 13.7 Å². The summed E-state index contributed by atoms with van der Waals surface area (Å²) in [6, 6.07) is 4.50. The van der Waals surface area contributed by atoms with Crippen LogP contribution in [0.4, 0.5) is 0 Å². The van der Waals surface area contributed by atoms with Crippen LogP contribution in [0.25, 0.3) is 11.3 Å². The fraction of sp³-hybridized carbons (Fsp3) is 0.250. The van der Waals surface area contributed by atoms with Gasteiger partial charge < -0.3 is 14.6 Å². The van der Waals surface area contributed by atoms with Crippen LogP contribution in [0.1, 0.15) is 17.4 Å². The van der Waals surface area contributed by atoms with E-state index in [1.54, 1.807) is 13.0 Å². The lowest BCUT2D eigenvalue weighted by molar-refractivity contribution is 0.0520. The van der Waals surface area contributed by atoms with E-state index in [9.17, 15) is 9.90 Å². The quantitative estimate of drug-likeness (QED) is 0.808. The molecule has 1 aromatic heterocycles. The second kappa shape index (κ2) is 5.38. The van der Waals surface area contributed by atoms with Crippen LogP contribution in [-0.4, -0.2) is 40.2 Å². The zero-order chi connectivity index (χ0) is 13.8. The molecule has 0 unspecified atom stereocenters. The number of aromatic amines is 1. The summed E-state index contributed by atoms with van der Waals surface area (Å²) in [5, 5.41) is 19.5. The molecule has 0 aliphatic heterocycles. The number of aromatic hydroxyl groups is 1. The summed E-state index contributed by atoms with van der Waals surface area (Å²) >= 11 is 0. The van der Waals surface area contributed by atoms with Gasteiger partial charge in [-0.3, -0.25) is 0 Å². The molecular weight excluding hydrogens is 250 g/mol. The van der Waals surface area contributed by atoms with Crippen molar-refractivity contribution in [1.29, 1.82) is 0 Å². The van der Waals surface area contributed by atoms with E-state index in [-0.39, 0.29) is 18.1 Å². The normalized spacial score (nSPS) is 10.2. The Morgan fingerprint density at radius 1 is 1.42 bits per heavy atom. The lowest BCUT2D eigenvalue weighted by Gasteiger charge is -2.07. The van der Waals surface area contributed by atoms with Gasteiger partial charge in [-0.25, -0.2) is 4.79 Å². The van der Waals surface area contributed by atoms with Crippen molar-refractivity contribution in [3.05, 3.63) is 23.9 Å². The second-order valence-corrected chi connectivity index (χ2v) is 3.63. The molecule has 100 valence electrons. The molecule has 0 radical (unpaired) electrons. The van der Waals surface area contributed by atoms with Crippen molar-refractivity contribution in [2.75, 3.05) is 13.7 Å².